The van der Waals surface area contributed by atoms with E-state index in [1.807, 2.05) is 0 Å². The summed E-state index contributed by atoms with van der Waals surface area (Å²) < 4.78 is 17.8. The molecule has 0 saturated heterocycles. The van der Waals surface area contributed by atoms with Gasteiger partial charge in [0, 0.05) is 0 Å². The first-order valence-corrected chi connectivity index (χ1v) is 7.54. The first-order chi connectivity index (χ1) is 12.1. The Morgan fingerprint density at radius 3 is 2.40 bits per heavy atom. The number of hydrogen-bond donors (Lipinski definition) is 2. The van der Waals surface area contributed by atoms with Crippen LogP contribution in [-0.2, 0) is 16.0 Å². The minimum Gasteiger partial charge on any atom is -0.497 e. The molecule has 0 fully saturated rings. The highest BCUT2D eigenvalue weighted by Gasteiger charge is 2.06. The van der Waals surface area contributed by atoms with Crippen LogP contribution in [0.2, 0.25) is 0 Å². The van der Waals surface area contributed by atoms with Gasteiger partial charge in [0.2, 0.25) is 5.91 Å². The van der Waals surface area contributed by atoms with Gasteiger partial charge in [-0.25, -0.2) is 9.82 Å². The number of amides is 2. The third-order valence-corrected chi connectivity index (χ3v) is 3.24. The Hall–Kier alpha value is -3.22. The highest BCUT2D eigenvalue weighted by atomic mass is 19.1. The Morgan fingerprint density at radius 1 is 1.08 bits per heavy atom. The molecule has 2 rings (SSSR count). The topological polar surface area (TPSA) is 79.8 Å². The van der Waals surface area contributed by atoms with Crippen LogP contribution < -0.4 is 15.5 Å². The third kappa shape index (κ3) is 6.42. The monoisotopic (exact) mass is 343 g/mol. The predicted molar refractivity (Wildman–Crippen MR) is 91.8 cm³/mol. The van der Waals surface area contributed by atoms with Gasteiger partial charge in [0.1, 0.15) is 11.6 Å². The van der Waals surface area contributed by atoms with Gasteiger partial charge in [-0.2, -0.15) is 5.10 Å². The van der Waals surface area contributed by atoms with Crippen LogP contribution in [0.15, 0.2) is 53.6 Å². The zero-order valence-electron chi connectivity index (χ0n) is 13.7. The van der Waals surface area contributed by atoms with Crippen LogP contribution in [0.4, 0.5) is 4.39 Å². The van der Waals surface area contributed by atoms with E-state index in [0.29, 0.717) is 11.3 Å². The summed E-state index contributed by atoms with van der Waals surface area (Å²) in [5.74, 6) is -0.368. The largest absolute Gasteiger partial charge is 0.497 e. The van der Waals surface area contributed by atoms with Crippen molar-refractivity contribution in [1.29, 1.82) is 0 Å². The van der Waals surface area contributed by atoms with Gasteiger partial charge in [-0.05, 0) is 35.4 Å². The molecule has 0 aliphatic rings. The average Bonchev–Trinajstić information content (AvgIpc) is 2.62. The molecule has 0 radical (unpaired) electrons. The number of nitrogens with one attached hydrogen (secondary N) is 2. The van der Waals surface area contributed by atoms with Gasteiger partial charge in [0.15, 0.2) is 0 Å². The highest BCUT2D eigenvalue weighted by molar-refractivity contribution is 5.86. The maximum absolute atomic E-state index is 12.7. The van der Waals surface area contributed by atoms with E-state index < -0.39 is 5.91 Å². The standard InChI is InChI=1S/C18H18FN3O3/c1-25-16-8-4-13(5-9-16)10-17(23)20-12-18(24)22-21-11-14-2-6-15(19)7-3-14/h2-9,11H,10,12H2,1H3,(H,20,23)(H,22,24)/b21-11-. The lowest BCUT2D eigenvalue weighted by Crippen LogP contribution is -2.35. The number of nitrogens with zero attached hydrogens (tertiary/aromatic N) is 1. The van der Waals surface area contributed by atoms with Crippen molar-refractivity contribution in [3.63, 3.8) is 0 Å². The van der Waals surface area contributed by atoms with Crippen molar-refractivity contribution in [3.05, 3.63) is 65.5 Å². The van der Waals surface area contributed by atoms with E-state index in [1.165, 1.54) is 30.5 Å². The fourth-order valence-electron chi connectivity index (χ4n) is 1.94. The van der Waals surface area contributed by atoms with Crippen LogP contribution in [0.5, 0.6) is 5.75 Å². The van der Waals surface area contributed by atoms with E-state index in [9.17, 15) is 14.0 Å². The number of benzene rings is 2. The molecule has 0 heterocycles. The van der Waals surface area contributed by atoms with E-state index in [0.717, 1.165) is 5.56 Å². The molecule has 130 valence electrons. The maximum Gasteiger partial charge on any atom is 0.259 e. The van der Waals surface area contributed by atoms with Gasteiger partial charge < -0.3 is 10.1 Å². The minimum absolute atomic E-state index is 0.163. The number of halogens is 1. The van der Waals surface area contributed by atoms with Crippen LogP contribution in [0, 0.1) is 5.82 Å². The quantitative estimate of drug-likeness (QED) is 0.592. The smallest absolute Gasteiger partial charge is 0.259 e. The predicted octanol–water partition coefficient (Wildman–Crippen LogP) is 1.64. The van der Waals surface area contributed by atoms with E-state index in [2.05, 4.69) is 15.8 Å². The normalized spacial score (nSPS) is 10.5. The molecule has 2 amide bonds. The van der Waals surface area contributed by atoms with Crippen LogP contribution in [0.25, 0.3) is 0 Å². The molecule has 2 N–H and O–H groups in total. The van der Waals surface area contributed by atoms with E-state index >= 15 is 0 Å². The van der Waals surface area contributed by atoms with Gasteiger partial charge >= 0.3 is 0 Å². The van der Waals surface area contributed by atoms with Gasteiger partial charge in [-0.3, -0.25) is 9.59 Å². The molecule has 0 aromatic heterocycles. The molecule has 0 saturated carbocycles. The summed E-state index contributed by atoms with van der Waals surface area (Å²) in [6.07, 6.45) is 1.55. The zero-order chi connectivity index (χ0) is 18.1. The second-order valence-electron chi connectivity index (χ2n) is 5.15. The lowest BCUT2D eigenvalue weighted by atomic mass is 10.1. The van der Waals surface area contributed by atoms with Crippen molar-refractivity contribution >= 4 is 18.0 Å². The van der Waals surface area contributed by atoms with Crippen molar-refractivity contribution in [3.8, 4) is 5.75 Å². The number of ether oxygens (including phenoxy) is 1. The molecule has 0 spiro atoms. The summed E-state index contributed by atoms with van der Waals surface area (Å²) in [5, 5.41) is 6.25. The number of hydrogen-bond acceptors (Lipinski definition) is 4. The Kier molecular flexibility index (Phi) is 6.65. The Labute approximate surface area is 144 Å². The number of rotatable bonds is 7. The molecule has 0 atom stereocenters. The first kappa shape index (κ1) is 18.1. The molecule has 7 heteroatoms. The molecule has 25 heavy (non-hydrogen) atoms. The lowest BCUT2D eigenvalue weighted by Gasteiger charge is -2.05. The van der Waals surface area contributed by atoms with E-state index in [-0.39, 0.29) is 24.7 Å². The van der Waals surface area contributed by atoms with Crippen molar-refractivity contribution in [2.45, 2.75) is 6.42 Å². The van der Waals surface area contributed by atoms with E-state index in [1.54, 1.807) is 31.4 Å². The summed E-state index contributed by atoms with van der Waals surface area (Å²) in [6, 6.07) is 12.7. The van der Waals surface area contributed by atoms with E-state index in [4.69, 9.17) is 4.74 Å². The Morgan fingerprint density at radius 2 is 1.76 bits per heavy atom. The molecule has 0 unspecified atom stereocenters. The summed E-state index contributed by atoms with van der Waals surface area (Å²) in [4.78, 5) is 23.4. The van der Waals surface area contributed by atoms with Crippen molar-refractivity contribution < 1.29 is 18.7 Å². The second-order valence-corrected chi connectivity index (χ2v) is 5.15. The molecule has 6 nitrogen and oxygen atoms in total. The fraction of sp³-hybridized carbons (Fsp3) is 0.167. The molecular formula is C18H18FN3O3. The second kappa shape index (κ2) is 9.17. The van der Waals surface area contributed by atoms with Crippen LogP contribution in [0.3, 0.4) is 0 Å². The number of methoxy groups -OCH3 is 1. The molecule has 0 aliphatic heterocycles. The van der Waals surface area contributed by atoms with Crippen molar-refractivity contribution in [2.24, 2.45) is 5.10 Å². The summed E-state index contributed by atoms with van der Waals surface area (Å²) in [5.41, 5.74) is 3.74. The van der Waals surface area contributed by atoms with Gasteiger partial charge in [-0.15, -0.1) is 0 Å². The molecule has 2 aromatic carbocycles. The fourth-order valence-corrected chi connectivity index (χ4v) is 1.94. The van der Waals surface area contributed by atoms with Crippen molar-refractivity contribution in [2.75, 3.05) is 13.7 Å². The summed E-state index contributed by atoms with van der Waals surface area (Å²) in [7, 11) is 1.57. The van der Waals surface area contributed by atoms with Gasteiger partial charge in [-0.1, -0.05) is 24.3 Å². The van der Waals surface area contributed by atoms with Crippen LogP contribution in [0.1, 0.15) is 11.1 Å². The third-order valence-electron chi connectivity index (χ3n) is 3.24. The number of hydrazone groups is 1. The molecular weight excluding hydrogens is 325 g/mol. The SMILES string of the molecule is COc1ccc(CC(=O)NCC(=O)N/N=C\c2ccc(F)cc2)cc1. The average molecular weight is 343 g/mol. The highest BCUT2D eigenvalue weighted by Crippen LogP contribution is 2.11. The Bertz CT molecular complexity index is 743. The maximum atomic E-state index is 12.7. The lowest BCUT2D eigenvalue weighted by molar-refractivity contribution is -0.125. The van der Waals surface area contributed by atoms with Crippen LogP contribution in [-0.4, -0.2) is 31.7 Å². The van der Waals surface area contributed by atoms with Gasteiger partial charge in [0.05, 0.1) is 26.3 Å². The van der Waals surface area contributed by atoms with Crippen molar-refractivity contribution in [1.82, 2.24) is 10.7 Å². The van der Waals surface area contributed by atoms with Crippen LogP contribution >= 0.6 is 0 Å². The van der Waals surface area contributed by atoms with Gasteiger partial charge in [0.25, 0.3) is 5.91 Å². The number of carbonyl (C=O) groups is 2. The Balaban J connectivity index is 1.71. The molecule has 0 aliphatic carbocycles. The summed E-state index contributed by atoms with van der Waals surface area (Å²) >= 11 is 0. The zero-order valence-corrected chi connectivity index (χ0v) is 13.7. The minimum atomic E-state index is -0.457. The molecule has 0 bridgehead atoms. The number of carbonyl (C=O) groups excluding carboxylic acids is 2. The summed E-state index contributed by atoms with van der Waals surface area (Å²) in [6.45, 7) is -0.185. The first-order valence-electron chi connectivity index (χ1n) is 7.54. The molecule has 2 aromatic rings.